The first kappa shape index (κ1) is 10.6. The normalized spacial score (nSPS) is 9.46. The molecule has 0 spiro atoms. The van der Waals surface area contributed by atoms with Crippen molar-refractivity contribution in [2.24, 2.45) is 0 Å². The summed E-state index contributed by atoms with van der Waals surface area (Å²) in [5.41, 5.74) is 0. The molecule has 1 rings (SSSR count). The van der Waals surface area contributed by atoms with Crippen molar-refractivity contribution in [3.63, 3.8) is 0 Å². The molecule has 0 aliphatic carbocycles. The molecule has 0 N–H and O–H groups in total. The summed E-state index contributed by atoms with van der Waals surface area (Å²) in [7, 11) is 0. The van der Waals surface area contributed by atoms with Crippen LogP contribution in [0.5, 0.6) is 0 Å². The fraction of sp³-hybridized carbons (Fsp3) is 0.273. The summed E-state index contributed by atoms with van der Waals surface area (Å²) in [4.78, 5) is 1.34. The highest BCUT2D eigenvalue weighted by Crippen LogP contribution is 2.17. The first-order chi connectivity index (χ1) is 6.43. The zero-order valence-corrected chi connectivity index (χ0v) is 9.03. The van der Waals surface area contributed by atoms with E-state index >= 15 is 0 Å². The highest BCUT2D eigenvalue weighted by Gasteiger charge is 1.91. The van der Waals surface area contributed by atoms with E-state index in [0.29, 0.717) is 0 Å². The van der Waals surface area contributed by atoms with E-state index in [0.717, 1.165) is 17.3 Å². The summed E-state index contributed by atoms with van der Waals surface area (Å²) in [6.45, 7) is 0. The van der Waals surface area contributed by atoms with E-state index in [1.54, 1.807) is 0 Å². The van der Waals surface area contributed by atoms with Gasteiger partial charge in [0, 0.05) is 16.4 Å². The van der Waals surface area contributed by atoms with E-state index in [4.69, 9.17) is 6.42 Å². The molecular formula is C11H12S2. The molecule has 1 aromatic carbocycles. The quantitative estimate of drug-likeness (QED) is 0.414. The Morgan fingerprint density at radius 1 is 1.15 bits per heavy atom. The highest BCUT2D eigenvalue weighted by atomic mass is 32.2. The zero-order valence-electron chi connectivity index (χ0n) is 7.40. The van der Waals surface area contributed by atoms with E-state index in [1.165, 1.54) is 4.90 Å². The van der Waals surface area contributed by atoms with Crippen molar-refractivity contribution in [2.45, 2.75) is 4.90 Å². The minimum atomic E-state index is 0.829. The average molecular weight is 208 g/mol. The van der Waals surface area contributed by atoms with Gasteiger partial charge in [-0.1, -0.05) is 24.1 Å². The summed E-state index contributed by atoms with van der Waals surface area (Å²) in [5, 5.41) is 0. The van der Waals surface area contributed by atoms with Crippen LogP contribution in [0.2, 0.25) is 0 Å². The lowest BCUT2D eigenvalue weighted by atomic mass is 10.4. The van der Waals surface area contributed by atoms with Crippen LogP contribution in [-0.4, -0.2) is 17.3 Å². The minimum Gasteiger partial charge on any atom is -0.148 e. The van der Waals surface area contributed by atoms with Crippen LogP contribution in [0.25, 0.3) is 0 Å². The Balaban J connectivity index is 2.11. The van der Waals surface area contributed by atoms with Gasteiger partial charge >= 0.3 is 0 Å². The molecule has 0 atom stereocenters. The number of benzene rings is 1. The van der Waals surface area contributed by atoms with Crippen molar-refractivity contribution in [1.29, 1.82) is 0 Å². The molecule has 0 bridgehead atoms. The molecule has 0 fully saturated rings. The number of terminal acetylenes is 1. The van der Waals surface area contributed by atoms with Crippen molar-refractivity contribution in [3.8, 4) is 12.3 Å². The maximum Gasteiger partial charge on any atom is 0.0545 e. The molecule has 0 radical (unpaired) electrons. The van der Waals surface area contributed by atoms with Gasteiger partial charge in [-0.05, 0) is 12.1 Å². The third-order valence-electron chi connectivity index (χ3n) is 1.43. The van der Waals surface area contributed by atoms with Gasteiger partial charge in [0.05, 0.1) is 5.75 Å². The molecule has 0 aliphatic heterocycles. The molecule has 1 aromatic rings. The molecule has 0 aromatic heterocycles. The second-order valence-electron chi connectivity index (χ2n) is 2.42. The zero-order chi connectivity index (χ0) is 9.36. The fourth-order valence-corrected chi connectivity index (χ4v) is 2.52. The lowest BCUT2D eigenvalue weighted by molar-refractivity contribution is 1.44. The van der Waals surface area contributed by atoms with Gasteiger partial charge in [0.15, 0.2) is 0 Å². The SMILES string of the molecule is C#CCSCCSc1ccccc1. The Kier molecular flexibility index (Phi) is 5.64. The van der Waals surface area contributed by atoms with Gasteiger partial charge in [-0.3, -0.25) is 0 Å². The summed E-state index contributed by atoms with van der Waals surface area (Å²) in [6, 6.07) is 10.4. The maximum absolute atomic E-state index is 5.14. The smallest absolute Gasteiger partial charge is 0.0545 e. The van der Waals surface area contributed by atoms with Gasteiger partial charge in [0.25, 0.3) is 0 Å². The molecule has 0 aliphatic rings. The predicted molar refractivity (Wildman–Crippen MR) is 63.3 cm³/mol. The van der Waals surface area contributed by atoms with Crippen LogP contribution in [0.4, 0.5) is 0 Å². The van der Waals surface area contributed by atoms with E-state index in [1.807, 2.05) is 29.6 Å². The lowest BCUT2D eigenvalue weighted by Crippen LogP contribution is -1.84. The first-order valence-corrected chi connectivity index (χ1v) is 6.26. The Labute approximate surface area is 88.5 Å². The van der Waals surface area contributed by atoms with Gasteiger partial charge in [-0.25, -0.2) is 0 Å². The molecule has 68 valence electrons. The van der Waals surface area contributed by atoms with Crippen molar-refractivity contribution in [3.05, 3.63) is 30.3 Å². The van der Waals surface area contributed by atoms with Crippen LogP contribution in [0.1, 0.15) is 0 Å². The van der Waals surface area contributed by atoms with Gasteiger partial charge < -0.3 is 0 Å². The lowest BCUT2D eigenvalue weighted by Gasteiger charge is -1.99. The summed E-state index contributed by atoms with van der Waals surface area (Å²) >= 11 is 3.70. The number of thioether (sulfide) groups is 2. The van der Waals surface area contributed by atoms with E-state index in [9.17, 15) is 0 Å². The third-order valence-corrected chi connectivity index (χ3v) is 3.56. The van der Waals surface area contributed by atoms with Crippen LogP contribution in [0.3, 0.4) is 0 Å². The van der Waals surface area contributed by atoms with Gasteiger partial charge in [-0.15, -0.1) is 29.9 Å². The number of hydrogen-bond donors (Lipinski definition) is 0. The van der Waals surface area contributed by atoms with Crippen LogP contribution in [0, 0.1) is 12.3 Å². The Hall–Kier alpha value is -0.520. The molecule has 0 saturated carbocycles. The van der Waals surface area contributed by atoms with Crippen molar-refractivity contribution >= 4 is 23.5 Å². The standard InChI is InChI=1S/C11H12S2/c1-2-8-12-9-10-13-11-6-4-3-5-7-11/h1,3-7H,8-10H2. The summed E-state index contributed by atoms with van der Waals surface area (Å²) in [6.07, 6.45) is 5.14. The van der Waals surface area contributed by atoms with Gasteiger partial charge in [0.2, 0.25) is 0 Å². The minimum absolute atomic E-state index is 0.829. The Bertz CT molecular complexity index is 261. The van der Waals surface area contributed by atoms with E-state index in [2.05, 4.69) is 30.2 Å². The van der Waals surface area contributed by atoms with Gasteiger partial charge in [0.1, 0.15) is 0 Å². The molecule has 13 heavy (non-hydrogen) atoms. The molecule has 0 saturated heterocycles. The van der Waals surface area contributed by atoms with Crippen LogP contribution >= 0.6 is 23.5 Å². The molecule has 0 heterocycles. The first-order valence-electron chi connectivity index (χ1n) is 4.12. The second kappa shape index (κ2) is 6.94. The largest absolute Gasteiger partial charge is 0.148 e. The van der Waals surface area contributed by atoms with Gasteiger partial charge in [-0.2, -0.15) is 0 Å². The highest BCUT2D eigenvalue weighted by molar-refractivity contribution is 8.03. The van der Waals surface area contributed by atoms with Crippen molar-refractivity contribution in [2.75, 3.05) is 17.3 Å². The molecule has 0 unspecified atom stereocenters. The number of hydrogen-bond acceptors (Lipinski definition) is 2. The van der Waals surface area contributed by atoms with E-state index < -0.39 is 0 Å². The molecule has 0 amide bonds. The molecule has 0 nitrogen and oxygen atoms in total. The predicted octanol–water partition coefficient (Wildman–Crippen LogP) is 3.15. The Morgan fingerprint density at radius 2 is 1.92 bits per heavy atom. The average Bonchev–Trinajstić information content (AvgIpc) is 2.19. The monoisotopic (exact) mass is 208 g/mol. The van der Waals surface area contributed by atoms with Crippen molar-refractivity contribution in [1.82, 2.24) is 0 Å². The summed E-state index contributed by atoms with van der Waals surface area (Å²) < 4.78 is 0. The maximum atomic E-state index is 5.14. The van der Waals surface area contributed by atoms with Crippen molar-refractivity contribution < 1.29 is 0 Å². The fourth-order valence-electron chi connectivity index (χ4n) is 0.866. The third kappa shape index (κ3) is 4.92. The summed E-state index contributed by atoms with van der Waals surface area (Å²) in [5.74, 6) is 5.71. The van der Waals surface area contributed by atoms with Crippen LogP contribution in [-0.2, 0) is 0 Å². The number of rotatable bonds is 5. The topological polar surface area (TPSA) is 0 Å². The van der Waals surface area contributed by atoms with E-state index in [-0.39, 0.29) is 0 Å². The molecular weight excluding hydrogens is 196 g/mol. The second-order valence-corrected chi connectivity index (χ2v) is 4.69. The molecule has 2 heteroatoms. The van der Waals surface area contributed by atoms with Crippen LogP contribution < -0.4 is 0 Å². The van der Waals surface area contributed by atoms with Crippen LogP contribution in [0.15, 0.2) is 35.2 Å². The Morgan fingerprint density at radius 3 is 2.62 bits per heavy atom.